The number of benzene rings is 1. The minimum Gasteiger partial charge on any atom is -0.507 e. The van der Waals surface area contributed by atoms with Crippen molar-refractivity contribution in [2.75, 3.05) is 52.6 Å². The second-order valence-electron chi connectivity index (χ2n) is 9.46. The predicted octanol–water partition coefficient (Wildman–Crippen LogP) is 3.13. The summed E-state index contributed by atoms with van der Waals surface area (Å²) in [6.45, 7) is 12.7. The molecule has 1 atom stereocenters. The number of hydrogen-bond acceptors (Lipinski definition) is 8. The van der Waals surface area contributed by atoms with Crippen molar-refractivity contribution in [1.82, 2.24) is 14.8 Å². The third kappa shape index (κ3) is 5.76. The smallest absolute Gasteiger partial charge is 0.355 e. The molecule has 2 fully saturated rings. The number of hydrogen-bond donors (Lipinski definition) is 2. The summed E-state index contributed by atoms with van der Waals surface area (Å²) in [5, 5.41) is 11.6. The summed E-state index contributed by atoms with van der Waals surface area (Å²) in [7, 11) is 0. The maximum Gasteiger partial charge on any atom is 0.355 e. The van der Waals surface area contributed by atoms with Gasteiger partial charge in [-0.2, -0.15) is 0 Å². The third-order valence-electron chi connectivity index (χ3n) is 7.00. The van der Waals surface area contributed by atoms with E-state index >= 15 is 0 Å². The summed E-state index contributed by atoms with van der Waals surface area (Å²) < 4.78 is 16.3. The number of carbonyl (C=O) groups excluding carboxylic acids is 3. The molecule has 4 rings (SSSR count). The van der Waals surface area contributed by atoms with Gasteiger partial charge in [0.2, 0.25) is 0 Å². The molecule has 0 radical (unpaired) electrons. The van der Waals surface area contributed by atoms with Gasteiger partial charge in [0.25, 0.3) is 11.7 Å². The Balaban J connectivity index is 1.80. The lowest BCUT2D eigenvalue weighted by Crippen LogP contribution is -2.42. The van der Waals surface area contributed by atoms with Gasteiger partial charge in [0, 0.05) is 37.4 Å². The van der Waals surface area contributed by atoms with Gasteiger partial charge in [0.05, 0.1) is 31.4 Å². The standard InChI is InChI=1S/C29H35N3O7/c1-5-14-39-21-9-7-8-20(17-21)25-23(26(33)22-18(3)24(30-19(22)4)29(36)38-6-2)27(34)28(35)32(25)11-10-31-12-15-37-16-13-31/h5,7-9,17,25,30,33H,1,6,10-16H2,2-4H3. The number of aliphatic hydroxyl groups excluding tert-OH is 1. The van der Waals surface area contributed by atoms with Crippen molar-refractivity contribution < 1.29 is 33.7 Å². The fraction of sp³-hybridized carbons (Fsp3) is 0.414. The van der Waals surface area contributed by atoms with Gasteiger partial charge < -0.3 is 29.2 Å². The van der Waals surface area contributed by atoms with Crippen molar-refractivity contribution in [3.8, 4) is 5.75 Å². The molecule has 0 aliphatic carbocycles. The van der Waals surface area contributed by atoms with E-state index in [1.165, 1.54) is 4.90 Å². The van der Waals surface area contributed by atoms with E-state index in [4.69, 9.17) is 14.2 Å². The largest absolute Gasteiger partial charge is 0.507 e. The first-order valence-corrected chi connectivity index (χ1v) is 13.1. The highest BCUT2D eigenvalue weighted by Crippen LogP contribution is 2.41. The molecule has 2 aliphatic rings. The Labute approximate surface area is 227 Å². The molecule has 2 aromatic rings. The van der Waals surface area contributed by atoms with E-state index < -0.39 is 23.7 Å². The molecule has 2 saturated heterocycles. The Morgan fingerprint density at radius 3 is 2.67 bits per heavy atom. The zero-order chi connectivity index (χ0) is 28.1. The molecule has 0 saturated carbocycles. The highest BCUT2D eigenvalue weighted by Gasteiger charge is 2.46. The lowest BCUT2D eigenvalue weighted by Gasteiger charge is -2.31. The number of carbonyl (C=O) groups is 3. The van der Waals surface area contributed by atoms with E-state index in [1.54, 1.807) is 51.1 Å². The van der Waals surface area contributed by atoms with Crippen LogP contribution in [0.2, 0.25) is 0 Å². The maximum atomic E-state index is 13.5. The van der Waals surface area contributed by atoms with E-state index in [1.807, 2.05) is 0 Å². The van der Waals surface area contributed by atoms with Gasteiger partial charge in [0.15, 0.2) is 0 Å². The van der Waals surface area contributed by atoms with Crippen LogP contribution in [0.25, 0.3) is 5.76 Å². The van der Waals surface area contributed by atoms with Crippen molar-refractivity contribution in [1.29, 1.82) is 0 Å². The Morgan fingerprint density at radius 2 is 1.97 bits per heavy atom. The third-order valence-corrected chi connectivity index (χ3v) is 7.00. The Morgan fingerprint density at radius 1 is 1.23 bits per heavy atom. The first-order valence-electron chi connectivity index (χ1n) is 13.1. The molecular formula is C29H35N3O7. The Hall–Kier alpha value is -3.89. The van der Waals surface area contributed by atoms with Crippen LogP contribution in [0, 0.1) is 13.8 Å². The quantitative estimate of drug-likeness (QED) is 0.156. The van der Waals surface area contributed by atoms with Crippen LogP contribution in [0.3, 0.4) is 0 Å². The van der Waals surface area contributed by atoms with Gasteiger partial charge in [-0.1, -0.05) is 24.8 Å². The monoisotopic (exact) mass is 537 g/mol. The summed E-state index contributed by atoms with van der Waals surface area (Å²) >= 11 is 0. The molecule has 10 heteroatoms. The second-order valence-corrected chi connectivity index (χ2v) is 9.46. The van der Waals surface area contributed by atoms with Gasteiger partial charge in [-0.25, -0.2) is 4.79 Å². The number of nitrogens with one attached hydrogen (secondary N) is 1. The number of H-pyrrole nitrogens is 1. The first kappa shape index (κ1) is 28.1. The number of aromatic nitrogens is 1. The molecule has 0 spiro atoms. The van der Waals surface area contributed by atoms with Crippen LogP contribution in [0.15, 0.2) is 42.5 Å². The number of Topliss-reactive ketones (excluding diaryl/α,β-unsaturated/α-hetero) is 1. The van der Waals surface area contributed by atoms with Crippen LogP contribution in [0.4, 0.5) is 0 Å². The van der Waals surface area contributed by atoms with Gasteiger partial charge in [-0.3, -0.25) is 14.5 Å². The maximum absolute atomic E-state index is 13.5. The van der Waals surface area contributed by atoms with Crippen LogP contribution >= 0.6 is 0 Å². The van der Waals surface area contributed by atoms with Crippen LogP contribution < -0.4 is 4.74 Å². The van der Waals surface area contributed by atoms with Crippen molar-refractivity contribution in [3.63, 3.8) is 0 Å². The minimum atomic E-state index is -0.849. The topological polar surface area (TPSA) is 121 Å². The van der Waals surface area contributed by atoms with Gasteiger partial charge in [0.1, 0.15) is 23.8 Å². The zero-order valence-electron chi connectivity index (χ0n) is 22.6. The Kier molecular flexibility index (Phi) is 8.88. The summed E-state index contributed by atoms with van der Waals surface area (Å²) in [6.07, 6.45) is 1.62. The molecule has 1 aromatic carbocycles. The number of aliphatic hydroxyl groups is 1. The molecule has 0 bridgehead atoms. The zero-order valence-corrected chi connectivity index (χ0v) is 22.6. The van der Waals surface area contributed by atoms with Crippen LogP contribution in [-0.4, -0.2) is 90.2 Å². The van der Waals surface area contributed by atoms with Crippen molar-refractivity contribution in [2.24, 2.45) is 0 Å². The summed E-state index contributed by atoms with van der Waals surface area (Å²) in [4.78, 5) is 46.0. The van der Waals surface area contributed by atoms with Gasteiger partial charge >= 0.3 is 5.97 Å². The average molecular weight is 538 g/mol. The van der Waals surface area contributed by atoms with Crippen LogP contribution in [0.5, 0.6) is 5.75 Å². The average Bonchev–Trinajstić information content (AvgIpc) is 3.38. The first-order chi connectivity index (χ1) is 18.8. The fourth-order valence-electron chi connectivity index (χ4n) is 5.11. The molecule has 208 valence electrons. The molecule has 10 nitrogen and oxygen atoms in total. The number of amides is 1. The molecule has 3 heterocycles. The summed E-state index contributed by atoms with van der Waals surface area (Å²) in [5.74, 6) is -1.83. The molecule has 1 aromatic heterocycles. The molecule has 39 heavy (non-hydrogen) atoms. The molecular weight excluding hydrogens is 502 g/mol. The summed E-state index contributed by atoms with van der Waals surface area (Å²) in [5.41, 5.74) is 1.99. The lowest BCUT2D eigenvalue weighted by atomic mass is 9.94. The second kappa shape index (κ2) is 12.3. The van der Waals surface area contributed by atoms with E-state index in [-0.39, 0.29) is 30.2 Å². The highest BCUT2D eigenvalue weighted by atomic mass is 16.5. The number of nitrogens with zero attached hydrogens (tertiary/aromatic N) is 2. The van der Waals surface area contributed by atoms with E-state index in [0.29, 0.717) is 54.5 Å². The predicted molar refractivity (Wildman–Crippen MR) is 145 cm³/mol. The minimum absolute atomic E-state index is 0.0385. The number of aryl methyl sites for hydroxylation is 1. The number of likely N-dealkylation sites (tertiary alicyclic amines) is 1. The molecule has 1 amide bonds. The SMILES string of the molecule is C=CCOc1cccc(C2C(=C(O)c3c(C)[nH]c(C(=O)OCC)c3C)C(=O)C(=O)N2CCN2CCOCC2)c1. The van der Waals surface area contributed by atoms with Crippen LogP contribution in [0.1, 0.15) is 45.8 Å². The number of esters is 1. The molecule has 2 aliphatic heterocycles. The number of ketones is 1. The summed E-state index contributed by atoms with van der Waals surface area (Å²) in [6, 6.07) is 6.27. The molecule has 1 unspecified atom stereocenters. The van der Waals surface area contributed by atoms with E-state index in [9.17, 15) is 19.5 Å². The van der Waals surface area contributed by atoms with Crippen molar-refractivity contribution >= 4 is 23.4 Å². The normalized spacial score (nSPS) is 19.4. The number of ether oxygens (including phenoxy) is 3. The van der Waals surface area contributed by atoms with Gasteiger partial charge in [-0.15, -0.1) is 0 Å². The van der Waals surface area contributed by atoms with Crippen molar-refractivity contribution in [3.05, 3.63) is 70.6 Å². The lowest BCUT2D eigenvalue weighted by molar-refractivity contribution is -0.140. The number of aromatic amines is 1. The fourth-order valence-corrected chi connectivity index (χ4v) is 5.11. The van der Waals surface area contributed by atoms with Gasteiger partial charge in [-0.05, 0) is 44.0 Å². The highest BCUT2D eigenvalue weighted by molar-refractivity contribution is 6.46. The van der Waals surface area contributed by atoms with Crippen LogP contribution in [-0.2, 0) is 19.1 Å². The van der Waals surface area contributed by atoms with E-state index in [2.05, 4.69) is 16.5 Å². The number of rotatable bonds is 10. The Bertz CT molecular complexity index is 1290. The number of morpholine rings is 1. The molecule has 2 N–H and O–H groups in total. The van der Waals surface area contributed by atoms with Crippen molar-refractivity contribution in [2.45, 2.75) is 26.8 Å². The van der Waals surface area contributed by atoms with E-state index in [0.717, 1.165) is 13.1 Å².